The van der Waals surface area contributed by atoms with Crippen molar-refractivity contribution in [3.63, 3.8) is 0 Å². The zero-order valence-corrected chi connectivity index (χ0v) is 22.2. The first-order valence-electron chi connectivity index (χ1n) is 12.2. The van der Waals surface area contributed by atoms with E-state index in [1.165, 1.54) is 12.8 Å². The molecule has 0 aromatic rings. The quantitative estimate of drug-likeness (QED) is 0.117. The van der Waals surface area contributed by atoms with Gasteiger partial charge >= 0.3 is 0 Å². The molecule has 3 unspecified atom stereocenters. The van der Waals surface area contributed by atoms with Crippen LogP contribution in [0.25, 0.3) is 0 Å². The van der Waals surface area contributed by atoms with Crippen molar-refractivity contribution >= 4 is 13.7 Å². The summed E-state index contributed by atoms with van der Waals surface area (Å²) in [5, 5.41) is 13.3. The molecule has 0 rings (SSSR count). The third-order valence-corrected chi connectivity index (χ3v) is 5.88. The first-order chi connectivity index (χ1) is 15.5. The molecule has 0 aromatic carbocycles. The first kappa shape index (κ1) is 32.0. The average Bonchev–Trinajstić information content (AvgIpc) is 2.72. The maximum atomic E-state index is 12.2. The lowest BCUT2D eigenvalue weighted by Gasteiger charge is -2.29. The van der Waals surface area contributed by atoms with Gasteiger partial charge in [-0.15, -0.1) is 0 Å². The molecule has 0 aliphatic carbocycles. The standard InChI is InChI=1S/C24H47N2O6P/c1-6-8-10-11-12-13-14-16-17-23(27)22(25-24(28)18-15-9-7-2)21-32-33(29,30)31-20-19-26(3,4)5/h11-12,16-17,22-23,27H,6-10,13-15,18-21H2,1-5H3,(H-,25,28,29,30)/b12-11+,17-16+. The van der Waals surface area contributed by atoms with Gasteiger partial charge in [-0.25, -0.2) is 0 Å². The number of nitrogens with one attached hydrogen (secondary N) is 1. The van der Waals surface area contributed by atoms with Gasteiger partial charge in [0.2, 0.25) is 5.91 Å². The largest absolute Gasteiger partial charge is 0.756 e. The van der Waals surface area contributed by atoms with E-state index in [9.17, 15) is 19.4 Å². The highest BCUT2D eigenvalue weighted by Crippen LogP contribution is 2.38. The minimum atomic E-state index is -4.55. The van der Waals surface area contributed by atoms with Crippen LogP contribution in [0.3, 0.4) is 0 Å². The summed E-state index contributed by atoms with van der Waals surface area (Å²) in [5.41, 5.74) is 0. The van der Waals surface area contributed by atoms with Crippen LogP contribution in [0.5, 0.6) is 0 Å². The molecule has 2 N–H and O–H groups in total. The van der Waals surface area contributed by atoms with Gasteiger partial charge in [0.1, 0.15) is 13.2 Å². The Morgan fingerprint density at radius 2 is 1.67 bits per heavy atom. The van der Waals surface area contributed by atoms with Gasteiger partial charge in [-0.2, -0.15) is 0 Å². The van der Waals surface area contributed by atoms with Gasteiger partial charge in [0, 0.05) is 6.42 Å². The van der Waals surface area contributed by atoms with Crippen molar-refractivity contribution in [2.75, 3.05) is 40.9 Å². The minimum Gasteiger partial charge on any atom is -0.756 e. The summed E-state index contributed by atoms with van der Waals surface area (Å²) in [6.45, 7) is 4.29. The number of hydrogen-bond acceptors (Lipinski definition) is 6. The fourth-order valence-corrected chi connectivity index (χ4v) is 3.52. The van der Waals surface area contributed by atoms with Gasteiger partial charge in [-0.1, -0.05) is 63.8 Å². The van der Waals surface area contributed by atoms with E-state index < -0.39 is 26.6 Å². The number of nitrogens with zero attached hydrogens (tertiary/aromatic N) is 1. The fourth-order valence-electron chi connectivity index (χ4n) is 2.80. The van der Waals surface area contributed by atoms with Gasteiger partial charge in [-0.05, 0) is 25.7 Å². The van der Waals surface area contributed by atoms with Crippen LogP contribution in [0.2, 0.25) is 0 Å². The Morgan fingerprint density at radius 3 is 2.30 bits per heavy atom. The molecule has 0 saturated carbocycles. The summed E-state index contributed by atoms with van der Waals surface area (Å²) >= 11 is 0. The van der Waals surface area contributed by atoms with Crippen LogP contribution in [0.15, 0.2) is 24.3 Å². The Kier molecular flexibility index (Phi) is 17.8. The first-order valence-corrected chi connectivity index (χ1v) is 13.7. The molecule has 0 aromatic heterocycles. The molecule has 33 heavy (non-hydrogen) atoms. The van der Waals surface area contributed by atoms with Gasteiger partial charge in [0.25, 0.3) is 7.82 Å². The Morgan fingerprint density at radius 1 is 1.03 bits per heavy atom. The fraction of sp³-hybridized carbons (Fsp3) is 0.792. The average molecular weight is 491 g/mol. The summed E-state index contributed by atoms with van der Waals surface area (Å²) in [4.78, 5) is 24.4. The molecule has 0 radical (unpaired) electrons. The molecule has 0 aliphatic heterocycles. The smallest absolute Gasteiger partial charge is 0.268 e. The third kappa shape index (κ3) is 20.1. The predicted molar refractivity (Wildman–Crippen MR) is 132 cm³/mol. The van der Waals surface area contributed by atoms with E-state index in [4.69, 9.17) is 9.05 Å². The molecular formula is C24H47N2O6P. The number of rotatable bonds is 20. The number of amides is 1. The highest BCUT2D eigenvalue weighted by Gasteiger charge is 2.23. The number of allylic oxidation sites excluding steroid dienone is 3. The van der Waals surface area contributed by atoms with Crippen molar-refractivity contribution in [1.29, 1.82) is 0 Å². The lowest BCUT2D eigenvalue weighted by Crippen LogP contribution is -2.45. The molecule has 8 nitrogen and oxygen atoms in total. The lowest BCUT2D eigenvalue weighted by molar-refractivity contribution is -0.870. The van der Waals surface area contributed by atoms with Gasteiger partial charge in [0.15, 0.2) is 0 Å². The number of unbranched alkanes of at least 4 members (excludes halogenated alkanes) is 5. The van der Waals surface area contributed by atoms with Gasteiger partial charge in [-0.3, -0.25) is 9.36 Å². The number of aliphatic hydroxyl groups is 1. The molecule has 0 heterocycles. The topological polar surface area (TPSA) is 108 Å². The third-order valence-electron chi connectivity index (χ3n) is 4.91. The number of hydrogen-bond donors (Lipinski definition) is 2. The summed E-state index contributed by atoms with van der Waals surface area (Å²) in [6.07, 6.45) is 14.6. The molecule has 194 valence electrons. The maximum Gasteiger partial charge on any atom is 0.268 e. The second-order valence-corrected chi connectivity index (χ2v) is 10.7. The van der Waals surface area contributed by atoms with Gasteiger partial charge in [0.05, 0.1) is 39.9 Å². The van der Waals surface area contributed by atoms with Crippen molar-refractivity contribution in [1.82, 2.24) is 5.32 Å². The SMILES string of the molecule is CCCC/C=C/CC/C=C/C(O)C(COP(=O)([O-])OCC[N+](C)(C)C)NC(=O)CCCCC. The number of carbonyl (C=O) groups excluding carboxylic acids is 1. The monoisotopic (exact) mass is 490 g/mol. The molecule has 1 amide bonds. The summed E-state index contributed by atoms with van der Waals surface area (Å²) < 4.78 is 22.6. The second kappa shape index (κ2) is 18.3. The zero-order chi connectivity index (χ0) is 25.2. The van der Waals surface area contributed by atoms with Crippen LogP contribution in [0, 0.1) is 0 Å². The van der Waals surface area contributed by atoms with E-state index in [-0.39, 0.29) is 12.5 Å². The zero-order valence-electron chi connectivity index (χ0n) is 21.3. The predicted octanol–water partition coefficient (Wildman–Crippen LogP) is 3.70. The minimum absolute atomic E-state index is 0.00739. The molecular weight excluding hydrogens is 443 g/mol. The Bertz CT molecular complexity index is 619. The van der Waals surface area contributed by atoms with E-state index >= 15 is 0 Å². The van der Waals surface area contributed by atoms with E-state index in [0.29, 0.717) is 17.4 Å². The van der Waals surface area contributed by atoms with E-state index in [0.717, 1.165) is 38.5 Å². The lowest BCUT2D eigenvalue weighted by atomic mass is 10.1. The Balaban J connectivity index is 4.81. The van der Waals surface area contributed by atoms with Crippen molar-refractivity contribution in [3.8, 4) is 0 Å². The Hall–Kier alpha value is -1.02. The molecule has 0 aliphatic rings. The number of aliphatic hydroxyl groups excluding tert-OH is 1. The second-order valence-electron chi connectivity index (χ2n) is 9.33. The Labute approximate surface area is 201 Å². The van der Waals surface area contributed by atoms with Crippen molar-refractivity contribution < 1.29 is 32.9 Å². The highest BCUT2D eigenvalue weighted by atomic mass is 31.2. The van der Waals surface area contributed by atoms with E-state index in [1.807, 2.05) is 34.1 Å². The van der Waals surface area contributed by atoms with E-state index in [1.54, 1.807) is 6.08 Å². The molecule has 0 bridgehead atoms. The molecule has 3 atom stereocenters. The molecule has 0 saturated heterocycles. The van der Waals surface area contributed by atoms with Crippen molar-refractivity contribution in [2.45, 2.75) is 83.8 Å². The highest BCUT2D eigenvalue weighted by molar-refractivity contribution is 7.45. The number of quaternary nitrogens is 1. The van der Waals surface area contributed by atoms with Crippen LogP contribution < -0.4 is 10.2 Å². The van der Waals surface area contributed by atoms with Crippen LogP contribution in [-0.2, 0) is 18.4 Å². The number of carbonyl (C=O) groups is 1. The maximum absolute atomic E-state index is 12.2. The van der Waals surface area contributed by atoms with E-state index in [2.05, 4.69) is 24.4 Å². The summed E-state index contributed by atoms with van der Waals surface area (Å²) in [6, 6.07) is -0.889. The summed E-state index contributed by atoms with van der Waals surface area (Å²) in [7, 11) is 1.23. The van der Waals surface area contributed by atoms with Crippen molar-refractivity contribution in [3.05, 3.63) is 24.3 Å². The number of phosphoric acid groups is 1. The van der Waals surface area contributed by atoms with Crippen LogP contribution in [0.4, 0.5) is 0 Å². The van der Waals surface area contributed by atoms with Crippen LogP contribution >= 0.6 is 7.82 Å². The molecule has 9 heteroatoms. The number of phosphoric ester groups is 1. The van der Waals surface area contributed by atoms with Crippen LogP contribution in [0.1, 0.15) is 71.6 Å². The normalized spacial score (nSPS) is 16.2. The molecule has 0 fully saturated rings. The van der Waals surface area contributed by atoms with Gasteiger partial charge < -0.3 is 28.8 Å². The van der Waals surface area contributed by atoms with Crippen LogP contribution in [-0.4, -0.2) is 68.5 Å². The number of likely N-dealkylation sites (N-methyl/N-ethyl adjacent to an activating group) is 1. The summed E-state index contributed by atoms with van der Waals surface area (Å²) in [5.74, 6) is -0.241. The van der Waals surface area contributed by atoms with Crippen molar-refractivity contribution in [2.24, 2.45) is 0 Å². The molecule has 0 spiro atoms.